The highest BCUT2D eigenvalue weighted by atomic mass is 32.1. The number of methoxy groups -OCH3 is 3. The predicted octanol–water partition coefficient (Wildman–Crippen LogP) is 3.27. The molecule has 2 rings (SSSR count). The first-order valence-corrected chi connectivity index (χ1v) is 7.94. The topological polar surface area (TPSA) is 68.8 Å². The van der Waals surface area contributed by atoms with Crippen LogP contribution in [-0.4, -0.2) is 33.9 Å². The Morgan fingerprint density at radius 1 is 1.22 bits per heavy atom. The summed E-state index contributed by atoms with van der Waals surface area (Å²) in [6.45, 7) is 0.373. The molecule has 1 unspecified atom stereocenters. The Morgan fingerprint density at radius 3 is 2.65 bits per heavy atom. The number of ether oxygens (including phenoxy) is 3. The molecule has 1 aromatic heterocycles. The fraction of sp³-hybridized carbons (Fsp3) is 0.312. The molecule has 0 aliphatic rings. The van der Waals surface area contributed by atoms with Crippen LogP contribution in [0.1, 0.15) is 11.7 Å². The van der Waals surface area contributed by atoms with E-state index in [4.69, 9.17) is 14.2 Å². The Morgan fingerprint density at radius 2 is 2.04 bits per heavy atom. The molecule has 0 bridgehead atoms. The average Bonchev–Trinajstić information content (AvgIpc) is 3.10. The summed E-state index contributed by atoms with van der Waals surface area (Å²) >= 11 is 1.59. The summed E-state index contributed by atoms with van der Waals surface area (Å²) in [5, 5.41) is 9.52. The van der Waals surface area contributed by atoms with Crippen molar-refractivity contribution in [3.05, 3.63) is 40.6 Å². The average molecular weight is 336 g/mol. The first-order valence-electron chi connectivity index (χ1n) is 6.99. The van der Waals surface area contributed by atoms with E-state index >= 15 is 0 Å². The van der Waals surface area contributed by atoms with E-state index in [9.17, 15) is 4.79 Å². The van der Waals surface area contributed by atoms with Crippen molar-refractivity contribution in [1.82, 2.24) is 5.32 Å². The minimum absolute atomic E-state index is 0.176. The highest BCUT2D eigenvalue weighted by Gasteiger charge is 2.13. The Bertz CT molecular complexity index is 631. The van der Waals surface area contributed by atoms with Crippen LogP contribution in [0.5, 0.6) is 11.5 Å². The van der Waals surface area contributed by atoms with Gasteiger partial charge in [-0.15, -0.1) is 0 Å². The predicted molar refractivity (Wildman–Crippen MR) is 90.6 cm³/mol. The van der Waals surface area contributed by atoms with Crippen molar-refractivity contribution in [2.45, 2.75) is 6.10 Å². The van der Waals surface area contributed by atoms with Gasteiger partial charge >= 0.3 is 6.03 Å². The SMILES string of the molecule is COc1ccc(NC(=O)NCC(OC)c2ccsc2)c(OC)c1. The molecule has 0 saturated heterocycles. The zero-order valence-corrected chi connectivity index (χ0v) is 14.1. The molecule has 0 aliphatic carbocycles. The van der Waals surface area contributed by atoms with Crippen molar-refractivity contribution in [3.8, 4) is 11.5 Å². The molecule has 23 heavy (non-hydrogen) atoms. The molecule has 0 radical (unpaired) electrons. The third-order valence-corrected chi connectivity index (χ3v) is 4.01. The van der Waals surface area contributed by atoms with Crippen molar-refractivity contribution < 1.29 is 19.0 Å². The molecule has 7 heteroatoms. The van der Waals surface area contributed by atoms with E-state index in [0.29, 0.717) is 23.7 Å². The van der Waals surface area contributed by atoms with Gasteiger partial charge in [0.05, 0.1) is 19.9 Å². The van der Waals surface area contributed by atoms with Gasteiger partial charge in [-0.3, -0.25) is 0 Å². The number of amides is 2. The lowest BCUT2D eigenvalue weighted by molar-refractivity contribution is 0.105. The number of hydrogen-bond donors (Lipinski definition) is 2. The normalized spacial score (nSPS) is 11.6. The van der Waals surface area contributed by atoms with Crippen molar-refractivity contribution in [1.29, 1.82) is 0 Å². The highest BCUT2D eigenvalue weighted by molar-refractivity contribution is 7.07. The van der Waals surface area contributed by atoms with E-state index in [-0.39, 0.29) is 12.1 Å². The van der Waals surface area contributed by atoms with Crippen LogP contribution >= 0.6 is 11.3 Å². The molecule has 124 valence electrons. The number of thiophene rings is 1. The molecule has 0 fully saturated rings. The van der Waals surface area contributed by atoms with Crippen molar-refractivity contribution in [3.63, 3.8) is 0 Å². The summed E-state index contributed by atoms with van der Waals surface area (Å²) in [5.41, 5.74) is 1.61. The van der Waals surface area contributed by atoms with Crippen molar-refractivity contribution in [2.24, 2.45) is 0 Å². The molecular formula is C16H20N2O4S. The Labute approximate surface area is 139 Å². The van der Waals surface area contributed by atoms with Crippen molar-refractivity contribution in [2.75, 3.05) is 33.2 Å². The van der Waals surface area contributed by atoms with E-state index < -0.39 is 0 Å². The standard InChI is InChI=1S/C16H20N2O4S/c1-20-12-4-5-13(14(8-12)21-2)18-16(19)17-9-15(22-3)11-6-7-23-10-11/h4-8,10,15H,9H2,1-3H3,(H2,17,18,19). The number of benzene rings is 1. The van der Waals surface area contributed by atoms with Gasteiger partial charge in [-0.2, -0.15) is 11.3 Å². The summed E-state index contributed by atoms with van der Waals surface area (Å²) in [6, 6.07) is 6.83. The van der Waals surface area contributed by atoms with E-state index in [1.54, 1.807) is 43.8 Å². The fourth-order valence-corrected chi connectivity index (χ4v) is 2.75. The van der Waals surface area contributed by atoms with Crippen LogP contribution in [0.25, 0.3) is 0 Å². The van der Waals surface area contributed by atoms with Crippen LogP contribution in [0.2, 0.25) is 0 Å². The van der Waals surface area contributed by atoms with E-state index in [0.717, 1.165) is 5.56 Å². The van der Waals surface area contributed by atoms with Gasteiger partial charge in [-0.05, 0) is 34.5 Å². The summed E-state index contributed by atoms with van der Waals surface area (Å²) in [6.07, 6.45) is -0.176. The molecule has 2 N–H and O–H groups in total. The minimum atomic E-state index is -0.328. The number of rotatable bonds is 7. The second kappa shape index (κ2) is 8.40. The Hall–Kier alpha value is -2.25. The van der Waals surface area contributed by atoms with Crippen LogP contribution in [0, 0.1) is 0 Å². The van der Waals surface area contributed by atoms with Crippen LogP contribution in [-0.2, 0) is 4.74 Å². The number of carbonyl (C=O) groups excluding carboxylic acids is 1. The van der Waals surface area contributed by atoms with Crippen LogP contribution in [0.4, 0.5) is 10.5 Å². The van der Waals surface area contributed by atoms with Gasteiger partial charge in [0.15, 0.2) is 0 Å². The smallest absolute Gasteiger partial charge is 0.319 e. The summed E-state index contributed by atoms with van der Waals surface area (Å²) in [4.78, 5) is 12.1. The maximum Gasteiger partial charge on any atom is 0.319 e. The van der Waals surface area contributed by atoms with Gasteiger partial charge in [-0.25, -0.2) is 4.79 Å². The largest absolute Gasteiger partial charge is 0.497 e. The quantitative estimate of drug-likeness (QED) is 0.814. The molecule has 1 aromatic carbocycles. The molecule has 2 aromatic rings. The van der Waals surface area contributed by atoms with Gasteiger partial charge in [0.25, 0.3) is 0 Å². The molecule has 1 heterocycles. The van der Waals surface area contributed by atoms with Gasteiger partial charge in [0, 0.05) is 19.7 Å². The third kappa shape index (κ3) is 4.61. The number of anilines is 1. The summed E-state index contributed by atoms with van der Waals surface area (Å²) < 4.78 is 15.8. The van der Waals surface area contributed by atoms with Gasteiger partial charge in [-0.1, -0.05) is 0 Å². The Balaban J connectivity index is 1.94. The van der Waals surface area contributed by atoms with Gasteiger partial charge < -0.3 is 24.8 Å². The van der Waals surface area contributed by atoms with Crippen LogP contribution < -0.4 is 20.1 Å². The van der Waals surface area contributed by atoms with Gasteiger partial charge in [0.1, 0.15) is 17.6 Å². The second-order valence-corrected chi connectivity index (χ2v) is 5.46. The number of carbonyl (C=O) groups is 1. The van der Waals surface area contributed by atoms with Gasteiger partial charge in [0.2, 0.25) is 0 Å². The molecule has 0 saturated carbocycles. The Kier molecular flexibility index (Phi) is 6.25. The number of hydrogen-bond acceptors (Lipinski definition) is 5. The molecular weight excluding hydrogens is 316 g/mol. The monoisotopic (exact) mass is 336 g/mol. The lowest BCUT2D eigenvalue weighted by atomic mass is 10.2. The summed E-state index contributed by atoms with van der Waals surface area (Å²) in [5.74, 6) is 1.19. The minimum Gasteiger partial charge on any atom is -0.497 e. The van der Waals surface area contributed by atoms with E-state index in [2.05, 4.69) is 10.6 Å². The number of nitrogens with one attached hydrogen (secondary N) is 2. The molecule has 0 aliphatic heterocycles. The van der Waals surface area contributed by atoms with Crippen molar-refractivity contribution >= 4 is 23.1 Å². The zero-order valence-electron chi connectivity index (χ0n) is 13.3. The highest BCUT2D eigenvalue weighted by Crippen LogP contribution is 2.28. The van der Waals surface area contributed by atoms with Crippen LogP contribution in [0.15, 0.2) is 35.0 Å². The molecule has 2 amide bonds. The van der Waals surface area contributed by atoms with E-state index in [1.807, 2.05) is 16.8 Å². The molecule has 1 atom stereocenters. The maximum atomic E-state index is 12.1. The maximum absolute atomic E-state index is 12.1. The third-order valence-electron chi connectivity index (χ3n) is 3.30. The fourth-order valence-electron chi connectivity index (χ4n) is 2.05. The second-order valence-electron chi connectivity index (χ2n) is 4.68. The zero-order chi connectivity index (χ0) is 16.7. The number of urea groups is 1. The van der Waals surface area contributed by atoms with E-state index in [1.165, 1.54) is 7.11 Å². The first-order chi connectivity index (χ1) is 11.2. The molecule has 0 spiro atoms. The molecule has 6 nitrogen and oxygen atoms in total. The lowest BCUT2D eigenvalue weighted by Crippen LogP contribution is -2.32. The van der Waals surface area contributed by atoms with Crippen LogP contribution in [0.3, 0.4) is 0 Å². The summed E-state index contributed by atoms with van der Waals surface area (Å²) in [7, 11) is 4.73. The first kappa shape index (κ1) is 17.1. The lowest BCUT2D eigenvalue weighted by Gasteiger charge is -2.16.